The Labute approximate surface area is 162 Å². The summed E-state index contributed by atoms with van der Waals surface area (Å²) in [4.78, 5) is 11.1. The van der Waals surface area contributed by atoms with Gasteiger partial charge in [-0.1, -0.05) is 29.8 Å². The molecule has 0 saturated heterocycles. The molecule has 0 bridgehead atoms. The monoisotopic (exact) mass is 385 g/mol. The smallest absolute Gasteiger partial charge is 0.427 e. The van der Waals surface area contributed by atoms with Gasteiger partial charge in [-0.05, 0) is 36.8 Å². The molecule has 0 aliphatic heterocycles. The zero-order chi connectivity index (χ0) is 19.1. The van der Waals surface area contributed by atoms with E-state index in [9.17, 15) is 4.79 Å². The van der Waals surface area contributed by atoms with Gasteiger partial charge in [-0.3, -0.25) is 0 Å². The van der Waals surface area contributed by atoms with E-state index in [0.717, 1.165) is 35.2 Å². The maximum absolute atomic E-state index is 11.1. The largest absolute Gasteiger partial charge is 0.494 e. The van der Waals surface area contributed by atoms with Crippen LogP contribution in [0.15, 0.2) is 59.8 Å². The highest BCUT2D eigenvalue weighted by Crippen LogP contribution is 2.21. The number of fused-ring (bicyclic) bond motifs is 1. The summed E-state index contributed by atoms with van der Waals surface area (Å²) in [6, 6.07) is 15.4. The van der Waals surface area contributed by atoms with Gasteiger partial charge in [-0.25, -0.2) is 10.2 Å². The van der Waals surface area contributed by atoms with Gasteiger partial charge in [0.1, 0.15) is 5.75 Å². The first-order chi connectivity index (χ1) is 13.2. The number of aromatic nitrogens is 1. The summed E-state index contributed by atoms with van der Waals surface area (Å²) in [7, 11) is 1.29. The van der Waals surface area contributed by atoms with E-state index >= 15 is 0 Å². The number of benzene rings is 2. The summed E-state index contributed by atoms with van der Waals surface area (Å²) < 4.78 is 12.4. The molecule has 0 fully saturated rings. The fourth-order valence-electron chi connectivity index (χ4n) is 2.72. The Hall–Kier alpha value is -2.99. The van der Waals surface area contributed by atoms with Gasteiger partial charge < -0.3 is 14.0 Å². The minimum absolute atomic E-state index is 0.599. The van der Waals surface area contributed by atoms with Crippen molar-refractivity contribution in [2.24, 2.45) is 5.10 Å². The summed E-state index contributed by atoms with van der Waals surface area (Å²) in [5.41, 5.74) is 4.32. The van der Waals surface area contributed by atoms with Crippen LogP contribution in [0.4, 0.5) is 4.79 Å². The first-order valence-electron chi connectivity index (χ1n) is 8.50. The molecule has 6 nitrogen and oxygen atoms in total. The number of ether oxygens (including phenoxy) is 2. The molecule has 1 aromatic heterocycles. The van der Waals surface area contributed by atoms with Gasteiger partial charge in [0.2, 0.25) is 0 Å². The normalized spacial score (nSPS) is 11.0. The minimum atomic E-state index is -0.602. The Bertz CT molecular complexity index is 935. The van der Waals surface area contributed by atoms with E-state index in [1.54, 1.807) is 6.21 Å². The van der Waals surface area contributed by atoms with Crippen LogP contribution < -0.4 is 10.2 Å². The molecule has 0 aliphatic rings. The summed E-state index contributed by atoms with van der Waals surface area (Å²) in [5.74, 6) is 0.804. The van der Waals surface area contributed by atoms with E-state index in [1.807, 2.05) is 48.7 Å². The number of carbonyl (C=O) groups is 1. The average Bonchev–Trinajstić information content (AvgIpc) is 3.04. The third kappa shape index (κ3) is 5.01. The van der Waals surface area contributed by atoms with Gasteiger partial charge in [-0.2, -0.15) is 5.10 Å². The van der Waals surface area contributed by atoms with Crippen molar-refractivity contribution in [1.82, 2.24) is 9.99 Å². The van der Waals surface area contributed by atoms with Crippen molar-refractivity contribution in [3.8, 4) is 5.75 Å². The van der Waals surface area contributed by atoms with Crippen molar-refractivity contribution < 1.29 is 14.3 Å². The molecule has 0 unspecified atom stereocenters. The first-order valence-corrected chi connectivity index (χ1v) is 8.88. The Morgan fingerprint density at radius 2 is 2.00 bits per heavy atom. The number of methoxy groups -OCH3 is 1. The predicted octanol–water partition coefficient (Wildman–Crippen LogP) is 4.45. The maximum atomic E-state index is 11.1. The quantitative estimate of drug-likeness (QED) is 0.371. The molecule has 3 rings (SSSR count). The number of nitrogens with one attached hydrogen (secondary N) is 1. The Kier molecular flexibility index (Phi) is 6.33. The summed E-state index contributed by atoms with van der Waals surface area (Å²) in [6.07, 6.45) is 3.86. The first kappa shape index (κ1) is 18.8. The molecule has 0 radical (unpaired) electrons. The molecular formula is C20H20ClN3O3. The molecule has 140 valence electrons. The van der Waals surface area contributed by atoms with Crippen molar-refractivity contribution in [3.63, 3.8) is 0 Å². The minimum Gasteiger partial charge on any atom is -0.494 e. The number of hydrogen-bond acceptors (Lipinski definition) is 4. The van der Waals surface area contributed by atoms with Crippen molar-refractivity contribution in [3.05, 3.63) is 65.3 Å². The molecule has 3 aromatic rings. The van der Waals surface area contributed by atoms with Crippen LogP contribution in [0.3, 0.4) is 0 Å². The zero-order valence-corrected chi connectivity index (χ0v) is 15.6. The Morgan fingerprint density at radius 3 is 2.78 bits per heavy atom. The molecule has 27 heavy (non-hydrogen) atoms. The molecule has 0 aliphatic carbocycles. The molecule has 1 N–H and O–H groups in total. The van der Waals surface area contributed by atoms with E-state index in [-0.39, 0.29) is 0 Å². The SMILES string of the molecule is COC(=O)N/N=C\c1cn(CCCOc2ccc(Cl)cc2)c2ccccc12. The van der Waals surface area contributed by atoms with Crippen LogP contribution in [0.5, 0.6) is 5.75 Å². The Balaban J connectivity index is 1.63. The summed E-state index contributed by atoms with van der Waals surface area (Å²) >= 11 is 5.87. The molecule has 0 saturated carbocycles. The van der Waals surface area contributed by atoms with E-state index in [0.29, 0.717) is 11.6 Å². The third-order valence-electron chi connectivity index (χ3n) is 3.99. The van der Waals surface area contributed by atoms with Gasteiger partial charge in [-0.15, -0.1) is 0 Å². The molecule has 2 aromatic carbocycles. The van der Waals surface area contributed by atoms with E-state index < -0.39 is 6.09 Å². The van der Waals surface area contributed by atoms with E-state index in [1.165, 1.54) is 7.11 Å². The zero-order valence-electron chi connectivity index (χ0n) is 14.9. The topological polar surface area (TPSA) is 64.8 Å². The lowest BCUT2D eigenvalue weighted by molar-refractivity contribution is 0.171. The fourth-order valence-corrected chi connectivity index (χ4v) is 2.84. The number of aryl methyl sites for hydroxylation is 1. The number of rotatable bonds is 7. The highest BCUT2D eigenvalue weighted by molar-refractivity contribution is 6.30. The van der Waals surface area contributed by atoms with Gasteiger partial charge in [0.05, 0.1) is 19.9 Å². The van der Waals surface area contributed by atoms with Crippen LogP contribution in [-0.2, 0) is 11.3 Å². The Morgan fingerprint density at radius 1 is 1.22 bits per heavy atom. The van der Waals surface area contributed by atoms with Gasteiger partial charge in [0, 0.05) is 34.2 Å². The molecule has 0 spiro atoms. The molecule has 1 amide bonds. The van der Waals surface area contributed by atoms with Crippen LogP contribution in [0.25, 0.3) is 10.9 Å². The van der Waals surface area contributed by atoms with Crippen molar-refractivity contribution >= 4 is 34.8 Å². The van der Waals surface area contributed by atoms with Gasteiger partial charge in [0.15, 0.2) is 0 Å². The molecule has 1 heterocycles. The highest BCUT2D eigenvalue weighted by Gasteiger charge is 2.07. The second-order valence-electron chi connectivity index (χ2n) is 5.81. The van der Waals surface area contributed by atoms with Gasteiger partial charge >= 0.3 is 6.09 Å². The number of hydrogen-bond donors (Lipinski definition) is 1. The lowest BCUT2D eigenvalue weighted by Crippen LogP contribution is -2.16. The second kappa shape index (κ2) is 9.09. The molecule has 0 atom stereocenters. The van der Waals surface area contributed by atoms with Crippen LogP contribution in [0.1, 0.15) is 12.0 Å². The van der Waals surface area contributed by atoms with Crippen LogP contribution in [0.2, 0.25) is 5.02 Å². The lowest BCUT2D eigenvalue weighted by Gasteiger charge is -2.08. The number of carbonyl (C=O) groups excluding carboxylic acids is 1. The lowest BCUT2D eigenvalue weighted by atomic mass is 10.2. The number of hydrazone groups is 1. The van der Waals surface area contributed by atoms with Crippen LogP contribution >= 0.6 is 11.6 Å². The number of halogens is 1. The van der Waals surface area contributed by atoms with E-state index in [2.05, 4.69) is 25.9 Å². The van der Waals surface area contributed by atoms with Crippen molar-refractivity contribution in [1.29, 1.82) is 0 Å². The average molecular weight is 386 g/mol. The van der Waals surface area contributed by atoms with E-state index in [4.69, 9.17) is 16.3 Å². The number of amides is 1. The van der Waals surface area contributed by atoms with Crippen molar-refractivity contribution in [2.45, 2.75) is 13.0 Å². The molecular weight excluding hydrogens is 366 g/mol. The van der Waals surface area contributed by atoms with Crippen molar-refractivity contribution in [2.75, 3.05) is 13.7 Å². The highest BCUT2D eigenvalue weighted by atomic mass is 35.5. The maximum Gasteiger partial charge on any atom is 0.427 e. The summed E-state index contributed by atoms with van der Waals surface area (Å²) in [6.45, 7) is 1.40. The van der Waals surface area contributed by atoms with Crippen LogP contribution in [0, 0.1) is 0 Å². The number of nitrogens with zero attached hydrogens (tertiary/aromatic N) is 2. The molecule has 7 heteroatoms. The number of para-hydroxylation sites is 1. The summed E-state index contributed by atoms with van der Waals surface area (Å²) in [5, 5.41) is 5.67. The van der Waals surface area contributed by atoms with Crippen LogP contribution in [-0.4, -0.2) is 30.6 Å². The standard InChI is InChI=1S/C20H20ClN3O3/c1-26-20(25)23-22-13-15-14-24(19-6-3-2-5-18(15)19)11-4-12-27-17-9-7-16(21)8-10-17/h2-3,5-10,13-14H,4,11-12H2,1H3,(H,23,25)/b22-13-. The second-order valence-corrected chi connectivity index (χ2v) is 6.25. The van der Waals surface area contributed by atoms with Gasteiger partial charge in [0.25, 0.3) is 0 Å². The fraction of sp³-hybridized carbons (Fsp3) is 0.200. The third-order valence-corrected chi connectivity index (χ3v) is 4.24. The predicted molar refractivity (Wildman–Crippen MR) is 107 cm³/mol.